The van der Waals surface area contributed by atoms with E-state index in [1.54, 1.807) is 12.1 Å². The molecule has 1 N–H and O–H groups in total. The number of fused-ring (bicyclic) bond motifs is 1. The van der Waals surface area contributed by atoms with Crippen molar-refractivity contribution in [1.29, 1.82) is 0 Å². The maximum Gasteiger partial charge on any atom is 0.284 e. The van der Waals surface area contributed by atoms with E-state index >= 15 is 0 Å². The SMILES string of the molecule is Cc1cc[n+]2cc(-c3ccc(F)cc3)[nH]c2c1. The lowest BCUT2D eigenvalue weighted by Gasteiger charge is -1.91. The Hall–Kier alpha value is -2.16. The van der Waals surface area contributed by atoms with Crippen molar-refractivity contribution in [2.24, 2.45) is 0 Å². The first-order valence-corrected chi connectivity index (χ1v) is 5.49. The molecule has 0 radical (unpaired) electrons. The standard InChI is InChI=1S/C14H11FN2/c1-10-6-7-17-9-13(16-14(17)8-10)11-2-4-12(15)5-3-11/h2-9H,1H3/p+1. The first-order chi connectivity index (χ1) is 8.22. The van der Waals surface area contributed by atoms with Crippen molar-refractivity contribution >= 4 is 5.65 Å². The fourth-order valence-electron chi connectivity index (χ4n) is 1.92. The smallest absolute Gasteiger partial charge is 0.237 e. The molecule has 17 heavy (non-hydrogen) atoms. The average Bonchev–Trinajstić information content (AvgIpc) is 2.72. The second kappa shape index (κ2) is 3.70. The second-order valence-corrected chi connectivity index (χ2v) is 4.17. The lowest BCUT2D eigenvalue weighted by Crippen LogP contribution is -2.16. The van der Waals surface area contributed by atoms with Gasteiger partial charge in [0.1, 0.15) is 12.0 Å². The number of imidazole rings is 1. The third-order valence-electron chi connectivity index (χ3n) is 2.83. The summed E-state index contributed by atoms with van der Waals surface area (Å²) in [6, 6.07) is 10.6. The van der Waals surface area contributed by atoms with Crippen molar-refractivity contribution in [3.8, 4) is 11.3 Å². The van der Waals surface area contributed by atoms with Crippen LogP contribution < -0.4 is 4.40 Å². The Kier molecular flexibility index (Phi) is 2.18. The largest absolute Gasteiger partial charge is 0.284 e. The lowest BCUT2D eigenvalue weighted by molar-refractivity contribution is -0.509. The summed E-state index contributed by atoms with van der Waals surface area (Å²) in [5.74, 6) is -0.214. The van der Waals surface area contributed by atoms with Gasteiger partial charge in [-0.15, -0.1) is 0 Å². The number of pyridine rings is 1. The van der Waals surface area contributed by atoms with Crippen LogP contribution in [0.4, 0.5) is 4.39 Å². The Labute approximate surface area is 98.4 Å². The molecule has 0 aliphatic heterocycles. The topological polar surface area (TPSA) is 19.9 Å². The van der Waals surface area contributed by atoms with Gasteiger partial charge in [-0.1, -0.05) is 0 Å². The second-order valence-electron chi connectivity index (χ2n) is 4.17. The lowest BCUT2D eigenvalue weighted by atomic mass is 10.2. The average molecular weight is 227 g/mol. The zero-order chi connectivity index (χ0) is 11.8. The number of halogens is 1. The minimum absolute atomic E-state index is 0.214. The molecule has 0 bridgehead atoms. The van der Waals surface area contributed by atoms with Crippen molar-refractivity contribution in [2.45, 2.75) is 6.92 Å². The predicted octanol–water partition coefficient (Wildman–Crippen LogP) is 2.87. The van der Waals surface area contributed by atoms with Crippen LogP contribution in [0.15, 0.2) is 48.8 Å². The Balaban J connectivity index is 2.14. The van der Waals surface area contributed by atoms with E-state index in [-0.39, 0.29) is 5.82 Å². The van der Waals surface area contributed by atoms with E-state index in [0.29, 0.717) is 0 Å². The molecule has 2 heterocycles. The van der Waals surface area contributed by atoms with Crippen LogP contribution in [-0.2, 0) is 0 Å². The van der Waals surface area contributed by atoms with Crippen molar-refractivity contribution in [2.75, 3.05) is 0 Å². The van der Waals surface area contributed by atoms with Crippen LogP contribution in [0.3, 0.4) is 0 Å². The number of rotatable bonds is 1. The highest BCUT2D eigenvalue weighted by Gasteiger charge is 2.10. The normalized spacial score (nSPS) is 10.9. The Morgan fingerprint density at radius 2 is 1.88 bits per heavy atom. The van der Waals surface area contributed by atoms with Gasteiger partial charge in [0.05, 0.1) is 6.20 Å². The molecule has 0 aliphatic carbocycles. The van der Waals surface area contributed by atoms with E-state index in [4.69, 9.17) is 0 Å². The zero-order valence-corrected chi connectivity index (χ0v) is 9.44. The van der Waals surface area contributed by atoms with Gasteiger partial charge in [-0.2, -0.15) is 0 Å². The number of aryl methyl sites for hydroxylation is 1. The van der Waals surface area contributed by atoms with Gasteiger partial charge in [0.2, 0.25) is 0 Å². The summed E-state index contributed by atoms with van der Waals surface area (Å²) >= 11 is 0. The summed E-state index contributed by atoms with van der Waals surface area (Å²) in [5, 5.41) is 0. The van der Waals surface area contributed by atoms with Crippen molar-refractivity contribution in [3.63, 3.8) is 0 Å². The van der Waals surface area contributed by atoms with Gasteiger partial charge in [0.15, 0.2) is 5.69 Å². The molecule has 0 aliphatic rings. The van der Waals surface area contributed by atoms with Gasteiger partial charge >= 0.3 is 0 Å². The van der Waals surface area contributed by atoms with Crippen LogP contribution in [0, 0.1) is 12.7 Å². The molecular formula is C14H12FN2+. The molecule has 3 aromatic rings. The summed E-state index contributed by atoms with van der Waals surface area (Å²) in [6.45, 7) is 2.05. The Bertz CT molecular complexity index is 668. The predicted molar refractivity (Wildman–Crippen MR) is 64.1 cm³/mol. The highest BCUT2D eigenvalue weighted by molar-refractivity contribution is 5.59. The number of aromatic amines is 1. The van der Waals surface area contributed by atoms with Gasteiger partial charge in [0, 0.05) is 11.6 Å². The fraction of sp³-hybridized carbons (Fsp3) is 0.0714. The van der Waals surface area contributed by atoms with E-state index in [1.165, 1.54) is 17.7 Å². The molecule has 0 atom stereocenters. The summed E-state index contributed by atoms with van der Waals surface area (Å²) in [6.07, 6.45) is 4.01. The summed E-state index contributed by atoms with van der Waals surface area (Å²) in [4.78, 5) is 3.31. The molecule has 0 unspecified atom stereocenters. The molecule has 3 heteroatoms. The fourth-order valence-corrected chi connectivity index (χ4v) is 1.92. The van der Waals surface area contributed by atoms with Crippen LogP contribution >= 0.6 is 0 Å². The van der Waals surface area contributed by atoms with E-state index < -0.39 is 0 Å². The molecule has 1 aromatic carbocycles. The van der Waals surface area contributed by atoms with E-state index in [1.807, 2.05) is 16.8 Å². The van der Waals surface area contributed by atoms with Crippen LogP contribution in [0.2, 0.25) is 0 Å². The van der Waals surface area contributed by atoms with Crippen LogP contribution in [0.25, 0.3) is 16.9 Å². The van der Waals surface area contributed by atoms with Crippen LogP contribution in [0.5, 0.6) is 0 Å². The number of nitrogens with one attached hydrogen (secondary N) is 1. The zero-order valence-electron chi connectivity index (χ0n) is 9.44. The minimum Gasteiger partial charge on any atom is -0.237 e. The van der Waals surface area contributed by atoms with Crippen molar-refractivity contribution in [3.05, 3.63) is 60.2 Å². The Morgan fingerprint density at radius 3 is 2.65 bits per heavy atom. The van der Waals surface area contributed by atoms with E-state index in [9.17, 15) is 4.39 Å². The van der Waals surface area contributed by atoms with Crippen LogP contribution in [-0.4, -0.2) is 4.98 Å². The molecule has 84 valence electrons. The Morgan fingerprint density at radius 1 is 1.12 bits per heavy atom. The van der Waals surface area contributed by atoms with Crippen LogP contribution in [0.1, 0.15) is 5.56 Å². The first kappa shape index (κ1) is 10.0. The number of aromatic nitrogens is 2. The number of benzene rings is 1. The quantitative estimate of drug-likeness (QED) is 0.617. The van der Waals surface area contributed by atoms with Crippen molar-refractivity contribution in [1.82, 2.24) is 4.98 Å². The maximum atomic E-state index is 12.8. The number of H-pyrrole nitrogens is 1. The van der Waals surface area contributed by atoms with Gasteiger partial charge in [0.25, 0.3) is 5.65 Å². The highest BCUT2D eigenvalue weighted by atomic mass is 19.1. The van der Waals surface area contributed by atoms with E-state index in [2.05, 4.69) is 24.0 Å². The van der Waals surface area contributed by atoms with Gasteiger partial charge in [-0.25, -0.2) is 13.8 Å². The highest BCUT2D eigenvalue weighted by Crippen LogP contribution is 2.17. The maximum absolute atomic E-state index is 12.8. The molecule has 0 amide bonds. The summed E-state index contributed by atoms with van der Waals surface area (Å²) in [5.41, 5.74) is 4.20. The molecule has 2 nitrogen and oxygen atoms in total. The molecule has 0 spiro atoms. The minimum atomic E-state index is -0.214. The summed E-state index contributed by atoms with van der Waals surface area (Å²) < 4.78 is 14.9. The summed E-state index contributed by atoms with van der Waals surface area (Å²) in [7, 11) is 0. The molecule has 0 fully saturated rings. The molecular weight excluding hydrogens is 215 g/mol. The molecule has 2 aromatic heterocycles. The number of nitrogens with zero attached hydrogens (tertiary/aromatic N) is 1. The number of hydrogen-bond acceptors (Lipinski definition) is 0. The van der Waals surface area contributed by atoms with Crippen molar-refractivity contribution < 1.29 is 8.79 Å². The molecule has 3 rings (SSSR count). The molecule has 0 saturated heterocycles. The van der Waals surface area contributed by atoms with Gasteiger partial charge in [-0.05, 0) is 42.8 Å². The third-order valence-corrected chi connectivity index (χ3v) is 2.83. The molecule has 0 saturated carbocycles. The van der Waals surface area contributed by atoms with E-state index in [0.717, 1.165) is 16.9 Å². The van der Waals surface area contributed by atoms with Gasteiger partial charge in [-0.3, -0.25) is 0 Å². The third kappa shape index (κ3) is 1.80. The number of hydrogen-bond donors (Lipinski definition) is 1. The first-order valence-electron chi connectivity index (χ1n) is 5.49. The van der Waals surface area contributed by atoms with Gasteiger partial charge < -0.3 is 0 Å². The monoisotopic (exact) mass is 227 g/mol.